The first-order valence-corrected chi connectivity index (χ1v) is 17.3. The third-order valence-electron chi connectivity index (χ3n) is 11.3. The lowest BCUT2D eigenvalue weighted by molar-refractivity contribution is 0.107. The number of hydrogen-bond acceptors (Lipinski definition) is 9. The lowest BCUT2D eigenvalue weighted by Crippen LogP contribution is -2.57. The highest BCUT2D eigenvalue weighted by Gasteiger charge is 2.49. The number of alkyl carbamates (subject to hydrolysis) is 1. The molecule has 0 spiro atoms. The van der Waals surface area contributed by atoms with E-state index in [-0.39, 0.29) is 42.3 Å². The van der Waals surface area contributed by atoms with Crippen molar-refractivity contribution in [1.29, 1.82) is 0 Å². The van der Waals surface area contributed by atoms with Crippen LogP contribution in [0.5, 0.6) is 6.01 Å². The van der Waals surface area contributed by atoms with Crippen LogP contribution in [0, 0.1) is 11.7 Å². The minimum absolute atomic E-state index is 0.0247. The third-order valence-corrected chi connectivity index (χ3v) is 11.6. The first-order chi connectivity index (χ1) is 23.2. The first-order valence-electron chi connectivity index (χ1n) is 16.9. The zero-order valence-corrected chi connectivity index (χ0v) is 27.5. The van der Waals surface area contributed by atoms with Crippen LogP contribution in [-0.4, -0.2) is 92.8 Å². The summed E-state index contributed by atoms with van der Waals surface area (Å²) in [5.41, 5.74) is 1.22. The number of piperidine rings is 1. The van der Waals surface area contributed by atoms with E-state index in [0.717, 1.165) is 44.2 Å². The van der Waals surface area contributed by atoms with E-state index in [1.165, 1.54) is 0 Å². The number of H-pyrrole nitrogens is 1. The summed E-state index contributed by atoms with van der Waals surface area (Å²) in [5.74, 6) is 0.112. The Morgan fingerprint density at radius 3 is 2.96 bits per heavy atom. The second-order valence-electron chi connectivity index (χ2n) is 14.6. The molecule has 0 unspecified atom stereocenters. The summed E-state index contributed by atoms with van der Waals surface area (Å²) in [6, 6.07) is 1.84. The molecule has 1 saturated carbocycles. The van der Waals surface area contributed by atoms with Gasteiger partial charge in [-0.2, -0.15) is 15.1 Å². The average Bonchev–Trinajstić information content (AvgIpc) is 3.31. The number of nitrogens with one attached hydrogen (secondary N) is 2. The molecule has 6 bridgehead atoms. The van der Waals surface area contributed by atoms with E-state index in [4.69, 9.17) is 31.0 Å². The fourth-order valence-electron chi connectivity index (χ4n) is 8.87. The maximum Gasteiger partial charge on any atom is 0.407 e. The Bertz CT molecular complexity index is 1960. The Hall–Kier alpha value is -3.84. The molecule has 2 N–H and O–H groups in total. The van der Waals surface area contributed by atoms with Gasteiger partial charge in [0.15, 0.2) is 5.82 Å². The molecular weight excluding hydrogens is 642 g/mol. The molecule has 10 rings (SSSR count). The van der Waals surface area contributed by atoms with Crippen molar-refractivity contribution >= 4 is 45.3 Å². The minimum atomic E-state index is -0.910. The van der Waals surface area contributed by atoms with Crippen molar-refractivity contribution in [2.45, 2.75) is 75.0 Å². The Morgan fingerprint density at radius 1 is 1.19 bits per heavy atom. The number of hydrogen-bond donors (Lipinski definition) is 2. The molecule has 4 fully saturated rings. The largest absolute Gasteiger partial charge is 0.461 e. The number of aromatic amines is 1. The summed E-state index contributed by atoms with van der Waals surface area (Å²) in [4.78, 5) is 31.5. The molecule has 1 amide bonds. The number of pyridine rings is 1. The van der Waals surface area contributed by atoms with Crippen molar-refractivity contribution in [1.82, 2.24) is 35.4 Å². The molecule has 8 heterocycles. The maximum absolute atomic E-state index is 17.2. The third kappa shape index (κ3) is 4.95. The number of carbonyl (C=O) groups is 1. The number of carbonyl (C=O) groups excluding carboxylic acids is 1. The van der Waals surface area contributed by atoms with Crippen molar-refractivity contribution in [3.63, 3.8) is 0 Å². The van der Waals surface area contributed by atoms with E-state index >= 15 is 4.39 Å². The van der Waals surface area contributed by atoms with Crippen LogP contribution in [0.25, 0.3) is 33.1 Å². The Labute approximate surface area is 280 Å². The second-order valence-corrected chi connectivity index (χ2v) is 15.0. The van der Waals surface area contributed by atoms with Crippen molar-refractivity contribution in [2.75, 3.05) is 44.3 Å². The van der Waals surface area contributed by atoms with E-state index in [1.54, 1.807) is 12.4 Å². The standard InChI is InChI=1S/C34H37ClF2N8O3/c1-33-5-2-7-44(16-33)30-22-13-38-29(27(37)28(22)40-31(41-30)48-17-34-6-3-8-45(34)15-19(36)12-34)26-21-14-39-43-24(21)11-23(35)25(26)20-10-18(20)4-9-47-32(46)42-33/h11,13-14,18-20H,2-10,12,15-17H2,1H3,(H,39,43)(H,42,46)/t18-,19-,20+,33-,34+/m1/s1. The molecule has 48 heavy (non-hydrogen) atoms. The van der Waals surface area contributed by atoms with Gasteiger partial charge in [0.1, 0.15) is 29.8 Å². The van der Waals surface area contributed by atoms with Crippen LogP contribution < -0.4 is 15.0 Å². The molecule has 1 aromatic carbocycles. The van der Waals surface area contributed by atoms with Gasteiger partial charge in [0.2, 0.25) is 0 Å². The van der Waals surface area contributed by atoms with Gasteiger partial charge in [0.25, 0.3) is 0 Å². The van der Waals surface area contributed by atoms with Crippen molar-refractivity contribution < 1.29 is 23.0 Å². The van der Waals surface area contributed by atoms with Crippen LogP contribution in [0.1, 0.15) is 63.4 Å². The van der Waals surface area contributed by atoms with Crippen LogP contribution in [0.2, 0.25) is 5.02 Å². The number of aromatic nitrogens is 5. The SMILES string of the molecule is C[C@@]12CCCN(C1)c1nc(OC[C@@]34CCCN3C[C@H](F)C4)nc3c(F)c(ncc13)-c1c(c(Cl)cc3[nH]ncc13)[C@H]1C[C@H]1CCOC(=O)N2. The molecule has 5 atom stereocenters. The first kappa shape index (κ1) is 30.2. The Balaban J connectivity index is 1.22. The van der Waals surface area contributed by atoms with Crippen LogP contribution in [0.4, 0.5) is 19.4 Å². The summed E-state index contributed by atoms with van der Waals surface area (Å²) in [7, 11) is 0. The topological polar surface area (TPSA) is 121 Å². The van der Waals surface area contributed by atoms with Gasteiger partial charge in [-0.25, -0.2) is 13.6 Å². The van der Waals surface area contributed by atoms with Gasteiger partial charge in [-0.1, -0.05) is 11.6 Å². The summed E-state index contributed by atoms with van der Waals surface area (Å²) in [6.45, 7) is 4.72. The molecule has 3 saturated heterocycles. The summed E-state index contributed by atoms with van der Waals surface area (Å²) >= 11 is 6.93. The molecule has 1 aliphatic carbocycles. The molecule has 0 radical (unpaired) electrons. The van der Waals surface area contributed by atoms with Crippen molar-refractivity contribution in [2.24, 2.45) is 5.92 Å². The predicted octanol–water partition coefficient (Wildman–Crippen LogP) is 5.91. The van der Waals surface area contributed by atoms with E-state index in [0.29, 0.717) is 65.2 Å². The summed E-state index contributed by atoms with van der Waals surface area (Å²) in [5, 5.41) is 11.9. The van der Waals surface area contributed by atoms with Crippen molar-refractivity contribution in [3.8, 4) is 17.3 Å². The number of rotatable bonds is 3. The lowest BCUT2D eigenvalue weighted by atomic mass is 9.91. The van der Waals surface area contributed by atoms with Gasteiger partial charge >= 0.3 is 12.1 Å². The molecule has 6 aliphatic rings. The predicted molar refractivity (Wildman–Crippen MR) is 176 cm³/mol. The van der Waals surface area contributed by atoms with E-state index in [1.807, 2.05) is 17.9 Å². The number of amides is 1. The fraction of sp³-hybridized carbons (Fsp3) is 0.559. The van der Waals surface area contributed by atoms with Gasteiger partial charge in [0.05, 0.1) is 34.8 Å². The van der Waals surface area contributed by atoms with Gasteiger partial charge < -0.3 is 19.7 Å². The van der Waals surface area contributed by atoms with Crippen LogP contribution in [0.15, 0.2) is 18.5 Å². The maximum atomic E-state index is 17.2. The molecule has 3 aromatic heterocycles. The normalized spacial score (nSPS) is 30.2. The van der Waals surface area contributed by atoms with Gasteiger partial charge in [-0.3, -0.25) is 15.0 Å². The molecular formula is C34H37ClF2N8O3. The highest BCUT2D eigenvalue weighted by molar-refractivity contribution is 6.33. The van der Waals surface area contributed by atoms with Crippen LogP contribution in [0.3, 0.4) is 0 Å². The van der Waals surface area contributed by atoms with Gasteiger partial charge in [-0.15, -0.1) is 0 Å². The Morgan fingerprint density at radius 2 is 2.06 bits per heavy atom. The highest BCUT2D eigenvalue weighted by Crippen LogP contribution is 2.56. The van der Waals surface area contributed by atoms with Gasteiger partial charge in [-0.05, 0) is 75.5 Å². The molecule has 5 aliphatic heterocycles. The average molecular weight is 679 g/mol. The summed E-state index contributed by atoms with van der Waals surface area (Å²) < 4.78 is 43.8. The number of nitrogens with zero attached hydrogens (tertiary/aromatic N) is 6. The summed E-state index contributed by atoms with van der Waals surface area (Å²) in [6.07, 6.45) is 7.09. The Kier molecular flexibility index (Phi) is 6.99. The second kappa shape index (κ2) is 11.1. The van der Waals surface area contributed by atoms with Gasteiger partial charge in [0, 0.05) is 48.2 Å². The fourth-order valence-corrected chi connectivity index (χ4v) is 9.21. The zero-order valence-electron chi connectivity index (χ0n) is 26.7. The number of ether oxygens (including phenoxy) is 2. The van der Waals surface area contributed by atoms with E-state index < -0.39 is 29.2 Å². The quantitative estimate of drug-likeness (QED) is 0.273. The number of halogens is 3. The molecule has 11 nitrogen and oxygen atoms in total. The lowest BCUT2D eigenvalue weighted by Gasteiger charge is -2.41. The minimum Gasteiger partial charge on any atom is -0.461 e. The molecule has 4 aromatic rings. The van der Waals surface area contributed by atoms with Crippen LogP contribution in [-0.2, 0) is 4.74 Å². The van der Waals surface area contributed by atoms with E-state index in [9.17, 15) is 9.18 Å². The number of anilines is 1. The number of benzene rings is 1. The monoisotopic (exact) mass is 678 g/mol. The smallest absolute Gasteiger partial charge is 0.407 e. The number of alkyl halides is 1. The number of fused-ring (bicyclic) bond motifs is 7. The van der Waals surface area contributed by atoms with E-state index in [2.05, 4.69) is 25.4 Å². The molecule has 14 heteroatoms. The van der Waals surface area contributed by atoms with Crippen LogP contribution >= 0.6 is 11.6 Å². The zero-order chi connectivity index (χ0) is 32.8. The molecule has 252 valence electrons. The van der Waals surface area contributed by atoms with Crippen molar-refractivity contribution in [3.05, 3.63) is 34.9 Å². The highest BCUT2D eigenvalue weighted by atomic mass is 35.5.